The third-order valence-electron chi connectivity index (χ3n) is 2.75. The van der Waals surface area contributed by atoms with Crippen molar-refractivity contribution in [2.75, 3.05) is 13.1 Å². The highest BCUT2D eigenvalue weighted by atomic mass is 32.1. The number of hydrogen-bond donors (Lipinski definition) is 2. The monoisotopic (exact) mass is 243 g/mol. The predicted octanol–water partition coefficient (Wildman–Crippen LogP) is -0.00520. The van der Waals surface area contributed by atoms with Gasteiger partial charge in [0.1, 0.15) is 0 Å². The fourth-order valence-corrected chi connectivity index (χ4v) is 1.95. The van der Waals surface area contributed by atoms with Crippen molar-refractivity contribution in [1.82, 2.24) is 10.2 Å². The second kappa shape index (κ2) is 5.79. The Bertz CT molecular complexity index is 298. The highest BCUT2D eigenvalue weighted by Crippen LogP contribution is 2.16. The average Bonchev–Trinajstić information content (AvgIpc) is 2.28. The number of nitrogens with two attached hydrogens (primary N) is 1. The van der Waals surface area contributed by atoms with Gasteiger partial charge in [0, 0.05) is 25.4 Å². The van der Waals surface area contributed by atoms with Gasteiger partial charge in [-0.05, 0) is 25.1 Å². The van der Waals surface area contributed by atoms with Gasteiger partial charge in [-0.3, -0.25) is 9.59 Å². The van der Waals surface area contributed by atoms with E-state index in [4.69, 9.17) is 18.0 Å². The van der Waals surface area contributed by atoms with E-state index in [1.807, 2.05) is 4.90 Å². The number of nitrogens with one attached hydrogen (secondary N) is 1. The van der Waals surface area contributed by atoms with Gasteiger partial charge >= 0.3 is 0 Å². The summed E-state index contributed by atoms with van der Waals surface area (Å²) in [6, 6.07) is 0. The first kappa shape index (κ1) is 12.9. The maximum absolute atomic E-state index is 11.1. The number of likely N-dealkylation sites (tertiary alicyclic amines) is 1. The van der Waals surface area contributed by atoms with Crippen molar-refractivity contribution < 1.29 is 9.59 Å². The highest BCUT2D eigenvalue weighted by molar-refractivity contribution is 7.80. The maximum atomic E-state index is 11.1. The molecule has 0 saturated carbocycles. The van der Waals surface area contributed by atoms with Gasteiger partial charge in [0.25, 0.3) is 0 Å². The number of hydrogen-bond acceptors (Lipinski definition) is 3. The Kier molecular flexibility index (Phi) is 4.67. The molecule has 0 atom stereocenters. The van der Waals surface area contributed by atoms with Crippen LogP contribution in [0.15, 0.2) is 0 Å². The normalized spacial score (nSPS) is 16.9. The van der Waals surface area contributed by atoms with Crippen LogP contribution >= 0.6 is 12.2 Å². The fraction of sp³-hybridized carbons (Fsp3) is 0.700. The first-order valence-electron chi connectivity index (χ1n) is 5.42. The Morgan fingerprint density at radius 1 is 1.44 bits per heavy atom. The maximum Gasteiger partial charge on any atom is 0.225 e. The molecule has 5 nitrogen and oxygen atoms in total. The second-order valence-corrected chi connectivity index (χ2v) is 4.26. The molecule has 1 fully saturated rings. The van der Waals surface area contributed by atoms with Gasteiger partial charge < -0.3 is 16.0 Å². The zero-order valence-corrected chi connectivity index (χ0v) is 10.2. The van der Waals surface area contributed by atoms with Crippen molar-refractivity contribution in [2.45, 2.75) is 26.2 Å². The van der Waals surface area contributed by atoms with Crippen molar-refractivity contribution in [3.05, 3.63) is 0 Å². The van der Waals surface area contributed by atoms with Crippen molar-refractivity contribution >= 4 is 29.1 Å². The molecule has 1 rings (SSSR count). The van der Waals surface area contributed by atoms with E-state index in [0.29, 0.717) is 37.5 Å². The third kappa shape index (κ3) is 3.44. The molecule has 0 aromatic carbocycles. The van der Waals surface area contributed by atoms with Gasteiger partial charge in [0.15, 0.2) is 5.11 Å². The summed E-state index contributed by atoms with van der Waals surface area (Å²) in [6.45, 7) is 3.13. The predicted molar refractivity (Wildman–Crippen MR) is 64.5 cm³/mol. The molecular weight excluding hydrogens is 226 g/mol. The van der Waals surface area contributed by atoms with Gasteiger partial charge in [-0.2, -0.15) is 0 Å². The van der Waals surface area contributed by atoms with Crippen LogP contribution in [-0.4, -0.2) is 34.9 Å². The second-order valence-electron chi connectivity index (χ2n) is 3.87. The Balaban J connectivity index is 2.38. The topological polar surface area (TPSA) is 75.4 Å². The van der Waals surface area contributed by atoms with Crippen molar-refractivity contribution in [3.63, 3.8) is 0 Å². The molecule has 16 heavy (non-hydrogen) atoms. The van der Waals surface area contributed by atoms with Crippen LogP contribution in [0, 0.1) is 5.92 Å². The molecular formula is C10H17N3O2S. The van der Waals surface area contributed by atoms with Gasteiger partial charge in [-0.15, -0.1) is 0 Å². The minimum absolute atomic E-state index is 0.0547. The van der Waals surface area contributed by atoms with Crippen molar-refractivity contribution in [3.8, 4) is 0 Å². The van der Waals surface area contributed by atoms with Crippen LogP contribution in [-0.2, 0) is 9.59 Å². The van der Waals surface area contributed by atoms with Crippen LogP contribution in [0.4, 0.5) is 0 Å². The summed E-state index contributed by atoms with van der Waals surface area (Å²) in [5.74, 6) is -0.383. The minimum atomic E-state index is -0.247. The molecule has 0 unspecified atom stereocenters. The molecule has 0 aromatic heterocycles. The number of carbonyl (C=O) groups is 2. The van der Waals surface area contributed by atoms with Crippen LogP contribution in [0.2, 0.25) is 0 Å². The lowest BCUT2D eigenvalue weighted by molar-refractivity contribution is -0.123. The van der Waals surface area contributed by atoms with E-state index in [1.54, 1.807) is 6.92 Å². The van der Waals surface area contributed by atoms with Gasteiger partial charge in [-0.1, -0.05) is 6.92 Å². The third-order valence-corrected chi connectivity index (χ3v) is 3.11. The lowest BCUT2D eigenvalue weighted by Gasteiger charge is -2.32. The molecule has 0 spiro atoms. The summed E-state index contributed by atoms with van der Waals surface area (Å²) in [5, 5.41) is 3.10. The summed E-state index contributed by atoms with van der Waals surface area (Å²) in [4.78, 5) is 24.0. The Morgan fingerprint density at radius 3 is 2.44 bits per heavy atom. The summed E-state index contributed by atoms with van der Waals surface area (Å²) < 4.78 is 0. The molecule has 2 amide bonds. The van der Waals surface area contributed by atoms with E-state index in [1.165, 1.54) is 0 Å². The molecule has 6 heteroatoms. The van der Waals surface area contributed by atoms with Gasteiger partial charge in [0.05, 0.1) is 0 Å². The summed E-state index contributed by atoms with van der Waals surface area (Å²) in [5.41, 5.74) is 5.23. The number of thiocarbonyl (C=S) groups is 1. The molecule has 3 N–H and O–H groups in total. The molecule has 1 aliphatic heterocycles. The van der Waals surface area contributed by atoms with Crippen LogP contribution in [0.3, 0.4) is 0 Å². The number of primary amides is 1. The van der Waals surface area contributed by atoms with Crippen LogP contribution < -0.4 is 11.1 Å². The first-order chi connectivity index (χ1) is 7.54. The Hall–Kier alpha value is -1.17. The lowest BCUT2D eigenvalue weighted by atomic mass is 9.97. The van der Waals surface area contributed by atoms with E-state index < -0.39 is 0 Å². The zero-order valence-electron chi connectivity index (χ0n) is 9.36. The highest BCUT2D eigenvalue weighted by Gasteiger charge is 2.24. The molecule has 0 aromatic rings. The Labute approximate surface area is 100 Å². The number of carbonyl (C=O) groups excluding carboxylic acids is 2. The molecule has 0 aliphatic carbocycles. The molecule has 1 saturated heterocycles. The molecule has 0 radical (unpaired) electrons. The Morgan fingerprint density at radius 2 is 2.00 bits per heavy atom. The largest absolute Gasteiger partial charge is 0.369 e. The quantitative estimate of drug-likeness (QED) is 0.669. The van der Waals surface area contributed by atoms with Gasteiger partial charge in [0.2, 0.25) is 11.8 Å². The van der Waals surface area contributed by atoms with Crippen LogP contribution in [0.1, 0.15) is 26.2 Å². The zero-order chi connectivity index (χ0) is 12.1. The molecule has 0 bridgehead atoms. The van der Waals surface area contributed by atoms with E-state index in [0.717, 1.165) is 0 Å². The number of piperidine rings is 1. The van der Waals surface area contributed by atoms with Crippen LogP contribution in [0.5, 0.6) is 0 Å². The van der Waals surface area contributed by atoms with Crippen molar-refractivity contribution in [1.29, 1.82) is 0 Å². The number of rotatable bonds is 2. The number of nitrogens with zero attached hydrogens (tertiary/aromatic N) is 1. The molecule has 90 valence electrons. The number of amides is 2. The SMILES string of the molecule is CCC(=O)NC(=S)N1CCC(C(N)=O)CC1. The van der Waals surface area contributed by atoms with E-state index in [9.17, 15) is 9.59 Å². The lowest BCUT2D eigenvalue weighted by Crippen LogP contribution is -2.47. The standard InChI is InChI=1S/C10H17N3O2S/c1-2-8(14)12-10(16)13-5-3-7(4-6-13)9(11)15/h7H,2-6H2,1H3,(H2,11,15)(H,12,14,16). The first-order valence-corrected chi connectivity index (χ1v) is 5.83. The van der Waals surface area contributed by atoms with E-state index in [-0.39, 0.29) is 17.7 Å². The van der Waals surface area contributed by atoms with Gasteiger partial charge in [-0.25, -0.2) is 0 Å². The van der Waals surface area contributed by atoms with E-state index in [2.05, 4.69) is 5.32 Å². The summed E-state index contributed by atoms with van der Waals surface area (Å²) in [7, 11) is 0. The minimum Gasteiger partial charge on any atom is -0.369 e. The van der Waals surface area contributed by atoms with Crippen LogP contribution in [0.25, 0.3) is 0 Å². The smallest absolute Gasteiger partial charge is 0.225 e. The fourth-order valence-electron chi connectivity index (χ4n) is 1.65. The molecule has 1 heterocycles. The summed E-state index contributed by atoms with van der Waals surface area (Å²) >= 11 is 5.10. The summed E-state index contributed by atoms with van der Waals surface area (Å²) in [6.07, 6.45) is 1.83. The average molecular weight is 243 g/mol. The molecule has 1 aliphatic rings. The van der Waals surface area contributed by atoms with E-state index >= 15 is 0 Å². The van der Waals surface area contributed by atoms with Crippen molar-refractivity contribution in [2.24, 2.45) is 11.7 Å².